The number of rotatable bonds is 3. The van der Waals surface area contributed by atoms with Gasteiger partial charge in [0.2, 0.25) is 10.0 Å². The molecule has 6 heteroatoms. The van der Waals surface area contributed by atoms with Crippen molar-refractivity contribution in [1.29, 1.82) is 0 Å². The SMILES string of the molecule is NCc1ncccc1S(=O)(=O)N1CCC2CCCCC21. The second kappa shape index (κ2) is 5.42. The van der Waals surface area contributed by atoms with E-state index in [4.69, 9.17) is 5.73 Å². The molecule has 0 radical (unpaired) electrons. The first-order valence-electron chi connectivity index (χ1n) is 7.30. The molecule has 2 unspecified atom stereocenters. The summed E-state index contributed by atoms with van der Waals surface area (Å²) in [5.74, 6) is 0.538. The van der Waals surface area contributed by atoms with E-state index in [1.807, 2.05) is 0 Å². The number of pyridine rings is 1. The molecule has 1 saturated heterocycles. The normalized spacial score (nSPS) is 27.4. The van der Waals surface area contributed by atoms with Gasteiger partial charge in [-0.25, -0.2) is 8.42 Å². The fourth-order valence-electron chi connectivity index (χ4n) is 3.60. The summed E-state index contributed by atoms with van der Waals surface area (Å²) >= 11 is 0. The molecule has 0 aromatic carbocycles. The van der Waals surface area contributed by atoms with Gasteiger partial charge >= 0.3 is 0 Å². The Labute approximate surface area is 120 Å². The van der Waals surface area contributed by atoms with Gasteiger partial charge in [0.05, 0.1) is 5.69 Å². The van der Waals surface area contributed by atoms with Crippen LogP contribution in [0.2, 0.25) is 0 Å². The summed E-state index contributed by atoms with van der Waals surface area (Å²) in [6, 6.07) is 3.47. The largest absolute Gasteiger partial charge is 0.325 e. The monoisotopic (exact) mass is 295 g/mol. The van der Waals surface area contributed by atoms with Crippen LogP contribution in [0.5, 0.6) is 0 Å². The highest BCUT2D eigenvalue weighted by Crippen LogP contribution is 2.39. The van der Waals surface area contributed by atoms with Crippen LogP contribution >= 0.6 is 0 Å². The van der Waals surface area contributed by atoms with Crippen molar-refractivity contribution in [3.8, 4) is 0 Å². The average molecular weight is 295 g/mol. The molecule has 0 spiro atoms. The Hall–Kier alpha value is -0.980. The Bertz CT molecular complexity index is 588. The maximum atomic E-state index is 12.9. The minimum absolute atomic E-state index is 0.150. The topological polar surface area (TPSA) is 76.3 Å². The minimum Gasteiger partial charge on any atom is -0.325 e. The smallest absolute Gasteiger partial charge is 0.245 e. The lowest BCUT2D eigenvalue weighted by Gasteiger charge is -2.31. The zero-order valence-electron chi connectivity index (χ0n) is 11.5. The maximum Gasteiger partial charge on any atom is 0.245 e. The first kappa shape index (κ1) is 14.0. The molecular formula is C14H21N3O2S. The van der Waals surface area contributed by atoms with E-state index in [1.165, 1.54) is 6.42 Å². The lowest BCUT2D eigenvalue weighted by atomic mass is 9.86. The third kappa shape index (κ3) is 2.25. The quantitative estimate of drug-likeness (QED) is 0.916. The molecule has 20 heavy (non-hydrogen) atoms. The first-order chi connectivity index (χ1) is 9.64. The van der Waals surface area contributed by atoms with Crippen LogP contribution in [0.1, 0.15) is 37.8 Å². The van der Waals surface area contributed by atoms with Crippen molar-refractivity contribution >= 4 is 10.0 Å². The molecule has 2 atom stereocenters. The first-order valence-corrected chi connectivity index (χ1v) is 8.74. The third-order valence-corrected chi connectivity index (χ3v) is 6.59. The Balaban J connectivity index is 1.96. The van der Waals surface area contributed by atoms with Gasteiger partial charge in [0.1, 0.15) is 4.90 Å². The number of nitrogens with zero attached hydrogens (tertiary/aromatic N) is 2. The predicted octanol–water partition coefficient (Wildman–Crippen LogP) is 1.49. The van der Waals surface area contributed by atoms with E-state index in [1.54, 1.807) is 22.6 Å². The Morgan fingerprint density at radius 1 is 1.30 bits per heavy atom. The summed E-state index contributed by atoms with van der Waals surface area (Å²) in [4.78, 5) is 4.39. The summed E-state index contributed by atoms with van der Waals surface area (Å²) < 4.78 is 27.5. The van der Waals surface area contributed by atoms with Crippen molar-refractivity contribution in [3.63, 3.8) is 0 Å². The fraction of sp³-hybridized carbons (Fsp3) is 0.643. The van der Waals surface area contributed by atoms with E-state index in [9.17, 15) is 8.42 Å². The summed E-state index contributed by atoms with van der Waals surface area (Å²) in [5.41, 5.74) is 6.10. The number of hydrogen-bond donors (Lipinski definition) is 1. The standard InChI is InChI=1S/C14H21N3O2S/c15-10-12-14(6-3-8-16-12)20(18,19)17-9-7-11-4-1-2-5-13(11)17/h3,6,8,11,13H,1-2,4-5,7,9-10,15H2. The van der Waals surface area contributed by atoms with Crippen LogP contribution in [0.25, 0.3) is 0 Å². The van der Waals surface area contributed by atoms with Crippen molar-refractivity contribution < 1.29 is 8.42 Å². The summed E-state index contributed by atoms with van der Waals surface area (Å²) in [5, 5.41) is 0. The van der Waals surface area contributed by atoms with Crippen molar-refractivity contribution in [3.05, 3.63) is 24.0 Å². The molecule has 0 bridgehead atoms. The van der Waals surface area contributed by atoms with Gasteiger partial charge in [0.15, 0.2) is 0 Å². The van der Waals surface area contributed by atoms with E-state index in [2.05, 4.69) is 4.98 Å². The Morgan fingerprint density at radius 2 is 2.10 bits per heavy atom. The third-order valence-electron chi connectivity index (χ3n) is 4.59. The number of aromatic nitrogens is 1. The average Bonchev–Trinajstić information content (AvgIpc) is 2.92. The lowest BCUT2D eigenvalue weighted by molar-refractivity contribution is 0.260. The molecule has 2 N–H and O–H groups in total. The van der Waals surface area contributed by atoms with Crippen LogP contribution < -0.4 is 5.73 Å². The van der Waals surface area contributed by atoms with Crippen LogP contribution in [0, 0.1) is 5.92 Å². The van der Waals surface area contributed by atoms with Crippen LogP contribution in [0.15, 0.2) is 23.2 Å². The van der Waals surface area contributed by atoms with E-state index in [0.29, 0.717) is 18.2 Å². The van der Waals surface area contributed by atoms with Crippen LogP contribution in [-0.4, -0.2) is 30.3 Å². The molecule has 5 nitrogen and oxygen atoms in total. The van der Waals surface area contributed by atoms with Crippen LogP contribution in [0.3, 0.4) is 0 Å². The van der Waals surface area contributed by atoms with Crippen molar-refractivity contribution in [1.82, 2.24) is 9.29 Å². The van der Waals surface area contributed by atoms with Gasteiger partial charge in [-0.05, 0) is 37.3 Å². The molecule has 2 heterocycles. The molecule has 2 fully saturated rings. The van der Waals surface area contributed by atoms with E-state index < -0.39 is 10.0 Å². The van der Waals surface area contributed by atoms with E-state index in [-0.39, 0.29) is 17.5 Å². The summed E-state index contributed by atoms with van der Waals surface area (Å²) in [6.07, 6.45) is 7.09. The van der Waals surface area contributed by atoms with Crippen LogP contribution in [-0.2, 0) is 16.6 Å². The molecule has 0 amide bonds. The Kier molecular flexibility index (Phi) is 3.79. The molecule has 1 aliphatic heterocycles. The fourth-order valence-corrected chi connectivity index (χ4v) is 5.52. The van der Waals surface area contributed by atoms with Gasteiger partial charge in [-0.1, -0.05) is 12.8 Å². The number of sulfonamides is 1. The predicted molar refractivity (Wildman–Crippen MR) is 76.4 cm³/mol. The lowest BCUT2D eigenvalue weighted by Crippen LogP contribution is -2.39. The van der Waals surface area contributed by atoms with Gasteiger partial charge in [-0.15, -0.1) is 0 Å². The zero-order valence-corrected chi connectivity index (χ0v) is 12.3. The molecule has 110 valence electrons. The molecular weight excluding hydrogens is 274 g/mol. The second-order valence-corrected chi connectivity index (χ2v) is 7.53. The zero-order chi connectivity index (χ0) is 14.2. The molecule has 1 saturated carbocycles. The highest BCUT2D eigenvalue weighted by molar-refractivity contribution is 7.89. The second-order valence-electron chi connectivity index (χ2n) is 5.67. The molecule has 3 rings (SSSR count). The van der Waals surface area contributed by atoms with Gasteiger partial charge < -0.3 is 5.73 Å². The Morgan fingerprint density at radius 3 is 2.90 bits per heavy atom. The highest BCUT2D eigenvalue weighted by Gasteiger charge is 2.42. The van der Waals surface area contributed by atoms with Gasteiger partial charge in [0, 0.05) is 25.3 Å². The maximum absolute atomic E-state index is 12.9. The minimum atomic E-state index is -3.46. The van der Waals surface area contributed by atoms with Crippen molar-refractivity contribution in [2.24, 2.45) is 11.7 Å². The molecule has 1 aromatic rings. The van der Waals surface area contributed by atoms with E-state index in [0.717, 1.165) is 25.7 Å². The highest BCUT2D eigenvalue weighted by atomic mass is 32.2. The number of fused-ring (bicyclic) bond motifs is 1. The van der Waals surface area contributed by atoms with Gasteiger partial charge in [-0.2, -0.15) is 4.31 Å². The summed E-state index contributed by atoms with van der Waals surface area (Å²) in [6.45, 7) is 0.786. The molecule has 1 aliphatic carbocycles. The number of hydrogen-bond acceptors (Lipinski definition) is 4. The summed E-state index contributed by atoms with van der Waals surface area (Å²) in [7, 11) is -3.46. The molecule has 2 aliphatic rings. The van der Waals surface area contributed by atoms with Gasteiger partial charge in [0.25, 0.3) is 0 Å². The van der Waals surface area contributed by atoms with E-state index >= 15 is 0 Å². The van der Waals surface area contributed by atoms with Crippen molar-refractivity contribution in [2.45, 2.75) is 49.6 Å². The van der Waals surface area contributed by atoms with Crippen molar-refractivity contribution in [2.75, 3.05) is 6.54 Å². The number of nitrogens with two attached hydrogens (primary N) is 1. The van der Waals surface area contributed by atoms with Gasteiger partial charge in [-0.3, -0.25) is 4.98 Å². The van der Waals surface area contributed by atoms with Crippen LogP contribution in [0.4, 0.5) is 0 Å². The molecule has 1 aromatic heterocycles.